The molecule has 1 aliphatic carbocycles. The first-order valence-corrected chi connectivity index (χ1v) is 4.48. The van der Waals surface area contributed by atoms with Crippen LogP contribution >= 0.6 is 12.2 Å². The van der Waals surface area contributed by atoms with Crippen LogP contribution in [0.25, 0.3) is 0 Å². The van der Waals surface area contributed by atoms with E-state index in [1.54, 1.807) is 10.9 Å². The molecule has 0 radical (unpaired) electrons. The van der Waals surface area contributed by atoms with E-state index >= 15 is 0 Å². The number of aryl methyl sites for hydroxylation is 1. The lowest BCUT2D eigenvalue weighted by atomic mass is 10.4. The Hall–Kier alpha value is -0.900. The van der Waals surface area contributed by atoms with Crippen LogP contribution in [0.2, 0.25) is 0 Å². The normalized spacial score (nSPS) is 16.1. The molecule has 1 aromatic rings. The second-order valence-corrected chi connectivity index (χ2v) is 3.57. The maximum absolute atomic E-state index is 5.14. The Morgan fingerprint density at radius 2 is 2.50 bits per heavy atom. The summed E-state index contributed by atoms with van der Waals surface area (Å²) in [4.78, 5) is 0. The van der Waals surface area contributed by atoms with Gasteiger partial charge in [-0.2, -0.15) is 5.10 Å². The standard InChI is InChI=1S/C8H11N3S/c1-6-4-9-11(5-6)8(12)10-7-2-3-7/h4-5,7H,2-3H2,1H3,(H,10,12). The first-order valence-electron chi connectivity index (χ1n) is 4.08. The Labute approximate surface area is 76.8 Å². The molecule has 0 spiro atoms. The molecule has 2 rings (SSSR count). The van der Waals surface area contributed by atoms with E-state index in [1.807, 2.05) is 13.1 Å². The van der Waals surface area contributed by atoms with Crippen LogP contribution in [0.4, 0.5) is 0 Å². The van der Waals surface area contributed by atoms with E-state index < -0.39 is 0 Å². The maximum Gasteiger partial charge on any atom is 0.194 e. The number of nitrogens with one attached hydrogen (secondary N) is 1. The van der Waals surface area contributed by atoms with Crippen LogP contribution in [-0.4, -0.2) is 20.9 Å². The molecule has 12 heavy (non-hydrogen) atoms. The molecule has 4 heteroatoms. The van der Waals surface area contributed by atoms with Crippen molar-refractivity contribution in [3.8, 4) is 0 Å². The van der Waals surface area contributed by atoms with E-state index in [0.717, 1.165) is 5.56 Å². The number of hydrogen-bond donors (Lipinski definition) is 1. The zero-order valence-corrected chi connectivity index (χ0v) is 7.77. The molecular weight excluding hydrogens is 170 g/mol. The second kappa shape index (κ2) is 2.86. The minimum atomic E-state index is 0.599. The van der Waals surface area contributed by atoms with Crippen molar-refractivity contribution in [2.24, 2.45) is 0 Å². The van der Waals surface area contributed by atoms with Gasteiger partial charge in [0.1, 0.15) is 0 Å². The van der Waals surface area contributed by atoms with E-state index in [4.69, 9.17) is 12.2 Å². The topological polar surface area (TPSA) is 29.9 Å². The molecule has 1 aromatic heterocycles. The highest BCUT2D eigenvalue weighted by molar-refractivity contribution is 7.80. The maximum atomic E-state index is 5.14. The van der Waals surface area contributed by atoms with E-state index in [-0.39, 0.29) is 0 Å². The highest BCUT2D eigenvalue weighted by Crippen LogP contribution is 2.18. The molecule has 1 heterocycles. The summed E-state index contributed by atoms with van der Waals surface area (Å²) in [7, 11) is 0. The summed E-state index contributed by atoms with van der Waals surface area (Å²) in [6, 6.07) is 0.599. The average molecular weight is 181 g/mol. The molecule has 0 amide bonds. The van der Waals surface area contributed by atoms with Gasteiger partial charge >= 0.3 is 0 Å². The van der Waals surface area contributed by atoms with Crippen molar-refractivity contribution in [1.29, 1.82) is 0 Å². The summed E-state index contributed by atoms with van der Waals surface area (Å²) < 4.78 is 1.71. The molecule has 0 aromatic carbocycles. The van der Waals surface area contributed by atoms with E-state index in [9.17, 15) is 0 Å². The number of rotatable bonds is 1. The second-order valence-electron chi connectivity index (χ2n) is 3.19. The van der Waals surface area contributed by atoms with Gasteiger partial charge < -0.3 is 5.32 Å². The third-order valence-corrected chi connectivity index (χ3v) is 2.13. The monoisotopic (exact) mass is 181 g/mol. The summed E-state index contributed by atoms with van der Waals surface area (Å²) in [6.45, 7) is 2.00. The molecule has 0 aliphatic heterocycles. The van der Waals surface area contributed by atoms with Crippen molar-refractivity contribution in [3.63, 3.8) is 0 Å². The Kier molecular flexibility index (Phi) is 1.84. The van der Waals surface area contributed by atoms with Gasteiger partial charge in [-0.3, -0.25) is 0 Å². The zero-order valence-electron chi connectivity index (χ0n) is 6.95. The highest BCUT2D eigenvalue weighted by Gasteiger charge is 2.22. The fourth-order valence-electron chi connectivity index (χ4n) is 0.992. The highest BCUT2D eigenvalue weighted by atomic mass is 32.1. The van der Waals surface area contributed by atoms with Gasteiger partial charge in [0.15, 0.2) is 5.11 Å². The summed E-state index contributed by atoms with van der Waals surface area (Å²) in [5.41, 5.74) is 1.13. The molecule has 0 atom stereocenters. The summed E-state index contributed by atoms with van der Waals surface area (Å²) in [5.74, 6) is 0. The molecule has 0 saturated heterocycles. The summed E-state index contributed by atoms with van der Waals surface area (Å²) in [6.07, 6.45) is 6.21. The molecule has 1 saturated carbocycles. The van der Waals surface area contributed by atoms with Crippen LogP contribution in [0.15, 0.2) is 12.4 Å². The zero-order chi connectivity index (χ0) is 8.55. The van der Waals surface area contributed by atoms with Crippen molar-refractivity contribution in [1.82, 2.24) is 15.1 Å². The lowest BCUT2D eigenvalue weighted by Gasteiger charge is -2.04. The first kappa shape index (κ1) is 7.73. The Balaban J connectivity index is 2.03. The van der Waals surface area contributed by atoms with Gasteiger partial charge in [-0.25, -0.2) is 4.68 Å². The third-order valence-electron chi connectivity index (χ3n) is 1.82. The lowest BCUT2D eigenvalue weighted by molar-refractivity contribution is 0.831. The number of hydrogen-bond acceptors (Lipinski definition) is 2. The Morgan fingerprint density at radius 1 is 1.75 bits per heavy atom. The van der Waals surface area contributed by atoms with Crippen molar-refractivity contribution in [2.75, 3.05) is 0 Å². The summed E-state index contributed by atoms with van der Waals surface area (Å²) >= 11 is 5.14. The van der Waals surface area contributed by atoms with Crippen molar-refractivity contribution < 1.29 is 0 Å². The molecular formula is C8H11N3S. The minimum absolute atomic E-state index is 0.599. The quantitative estimate of drug-likeness (QED) is 0.657. The lowest BCUT2D eigenvalue weighted by Crippen LogP contribution is -2.30. The molecule has 0 bridgehead atoms. The van der Waals surface area contributed by atoms with Crippen LogP contribution in [0, 0.1) is 6.92 Å². The van der Waals surface area contributed by atoms with Gasteiger partial charge in [0, 0.05) is 12.2 Å². The molecule has 1 fully saturated rings. The predicted molar refractivity (Wildman–Crippen MR) is 51.1 cm³/mol. The molecule has 1 N–H and O–H groups in total. The first-order chi connectivity index (χ1) is 5.75. The van der Waals surface area contributed by atoms with Crippen molar-refractivity contribution in [2.45, 2.75) is 25.8 Å². The Bertz CT molecular complexity index is 301. The van der Waals surface area contributed by atoms with Gasteiger partial charge in [-0.1, -0.05) is 0 Å². The molecule has 64 valence electrons. The summed E-state index contributed by atoms with van der Waals surface area (Å²) in [5, 5.41) is 8.04. The Morgan fingerprint density at radius 3 is 3.00 bits per heavy atom. The van der Waals surface area contributed by atoms with E-state index in [2.05, 4.69) is 10.4 Å². The fourth-order valence-corrected chi connectivity index (χ4v) is 1.26. The van der Waals surface area contributed by atoms with Gasteiger partial charge in [0.05, 0.1) is 6.20 Å². The van der Waals surface area contributed by atoms with Crippen molar-refractivity contribution in [3.05, 3.63) is 18.0 Å². The number of nitrogens with zero attached hydrogens (tertiary/aromatic N) is 2. The molecule has 3 nitrogen and oxygen atoms in total. The van der Waals surface area contributed by atoms with Crippen LogP contribution in [-0.2, 0) is 0 Å². The van der Waals surface area contributed by atoms with Gasteiger partial charge in [0.2, 0.25) is 0 Å². The van der Waals surface area contributed by atoms with Crippen LogP contribution in [0.5, 0.6) is 0 Å². The van der Waals surface area contributed by atoms with E-state index in [0.29, 0.717) is 11.2 Å². The average Bonchev–Trinajstić information content (AvgIpc) is 2.72. The number of thiocarbonyl (C=S) groups is 1. The largest absolute Gasteiger partial charge is 0.358 e. The molecule has 0 unspecified atom stereocenters. The minimum Gasteiger partial charge on any atom is -0.358 e. The van der Waals surface area contributed by atoms with Gasteiger partial charge in [-0.05, 0) is 37.5 Å². The fraction of sp³-hybridized carbons (Fsp3) is 0.500. The van der Waals surface area contributed by atoms with Crippen LogP contribution in [0.1, 0.15) is 18.4 Å². The van der Waals surface area contributed by atoms with Gasteiger partial charge in [0.25, 0.3) is 0 Å². The number of aromatic nitrogens is 2. The smallest absolute Gasteiger partial charge is 0.194 e. The van der Waals surface area contributed by atoms with Crippen molar-refractivity contribution >= 4 is 17.3 Å². The predicted octanol–water partition coefficient (Wildman–Crippen LogP) is 1.08. The third kappa shape index (κ3) is 1.64. The van der Waals surface area contributed by atoms with Crippen LogP contribution in [0.3, 0.4) is 0 Å². The SMILES string of the molecule is Cc1cnn(C(=S)NC2CC2)c1. The van der Waals surface area contributed by atoms with Gasteiger partial charge in [-0.15, -0.1) is 0 Å². The van der Waals surface area contributed by atoms with E-state index in [1.165, 1.54) is 12.8 Å². The molecule has 1 aliphatic rings. The van der Waals surface area contributed by atoms with Crippen LogP contribution < -0.4 is 5.32 Å².